The van der Waals surface area contributed by atoms with E-state index in [0.717, 1.165) is 12.8 Å². The van der Waals surface area contributed by atoms with Gasteiger partial charge in [0.05, 0.1) is 10.6 Å². The predicted octanol–water partition coefficient (Wildman–Crippen LogP) is 2.80. The third kappa shape index (κ3) is 2.98. The number of aryl methyl sites for hydroxylation is 1. The van der Waals surface area contributed by atoms with Gasteiger partial charge in [0.2, 0.25) is 0 Å². The van der Waals surface area contributed by atoms with Crippen LogP contribution in [0.25, 0.3) is 0 Å². The van der Waals surface area contributed by atoms with Crippen molar-refractivity contribution in [2.75, 3.05) is 7.05 Å². The van der Waals surface area contributed by atoms with E-state index in [1.807, 2.05) is 7.05 Å². The molecule has 0 fully saturated rings. The van der Waals surface area contributed by atoms with Crippen LogP contribution >= 0.6 is 11.5 Å². The summed E-state index contributed by atoms with van der Waals surface area (Å²) in [7, 11) is 2.02. The minimum absolute atomic E-state index is 0.413. The van der Waals surface area contributed by atoms with Gasteiger partial charge in [-0.05, 0) is 30.9 Å². The smallest absolute Gasteiger partial charge is 0.0803 e. The molecule has 0 saturated carbocycles. The van der Waals surface area contributed by atoms with Crippen LogP contribution in [0.2, 0.25) is 0 Å². The molecule has 1 heterocycles. The molecule has 3 nitrogen and oxygen atoms in total. The monoisotopic (exact) mass is 227 g/mol. The maximum absolute atomic E-state index is 4.22. The van der Waals surface area contributed by atoms with Crippen LogP contribution in [0.4, 0.5) is 0 Å². The van der Waals surface area contributed by atoms with E-state index in [1.165, 1.54) is 17.0 Å². The Kier molecular flexibility index (Phi) is 5.19. The van der Waals surface area contributed by atoms with Crippen LogP contribution in [-0.4, -0.2) is 16.6 Å². The van der Waals surface area contributed by atoms with Gasteiger partial charge in [0.1, 0.15) is 0 Å². The van der Waals surface area contributed by atoms with Crippen molar-refractivity contribution >= 4 is 11.5 Å². The first-order valence-corrected chi connectivity index (χ1v) is 6.50. The first-order valence-electron chi connectivity index (χ1n) is 5.72. The SMILES string of the molecule is CCCc1nnsc1C(NC)C(C)CC. The molecule has 15 heavy (non-hydrogen) atoms. The lowest BCUT2D eigenvalue weighted by Crippen LogP contribution is -2.23. The van der Waals surface area contributed by atoms with Crippen molar-refractivity contribution in [2.45, 2.75) is 46.1 Å². The Morgan fingerprint density at radius 2 is 2.13 bits per heavy atom. The predicted molar refractivity (Wildman–Crippen MR) is 65.2 cm³/mol. The molecule has 2 atom stereocenters. The summed E-state index contributed by atoms with van der Waals surface area (Å²) in [6.45, 7) is 6.68. The summed E-state index contributed by atoms with van der Waals surface area (Å²) in [5.41, 5.74) is 1.18. The van der Waals surface area contributed by atoms with E-state index < -0.39 is 0 Å². The minimum atomic E-state index is 0.413. The highest BCUT2D eigenvalue weighted by atomic mass is 32.1. The second-order valence-corrected chi connectivity index (χ2v) is 4.77. The van der Waals surface area contributed by atoms with Crippen molar-refractivity contribution in [3.8, 4) is 0 Å². The highest BCUT2D eigenvalue weighted by Gasteiger charge is 2.21. The number of nitrogens with zero attached hydrogens (tertiary/aromatic N) is 2. The zero-order valence-corrected chi connectivity index (χ0v) is 10.9. The molecule has 0 spiro atoms. The topological polar surface area (TPSA) is 37.8 Å². The molecule has 0 aliphatic carbocycles. The van der Waals surface area contributed by atoms with Crippen molar-refractivity contribution in [3.05, 3.63) is 10.6 Å². The zero-order valence-electron chi connectivity index (χ0n) is 10.1. The number of aromatic nitrogens is 2. The lowest BCUT2D eigenvalue weighted by atomic mass is 9.96. The van der Waals surface area contributed by atoms with E-state index in [0.29, 0.717) is 12.0 Å². The van der Waals surface area contributed by atoms with E-state index in [-0.39, 0.29) is 0 Å². The summed E-state index contributed by atoms with van der Waals surface area (Å²) in [6.07, 6.45) is 3.35. The van der Waals surface area contributed by atoms with Gasteiger partial charge >= 0.3 is 0 Å². The van der Waals surface area contributed by atoms with Gasteiger partial charge in [-0.1, -0.05) is 38.1 Å². The molecule has 0 saturated heterocycles. The summed E-state index contributed by atoms with van der Waals surface area (Å²) >= 11 is 1.54. The molecule has 86 valence electrons. The average molecular weight is 227 g/mol. The van der Waals surface area contributed by atoms with Crippen LogP contribution in [-0.2, 0) is 6.42 Å². The van der Waals surface area contributed by atoms with Crippen LogP contribution in [0.1, 0.15) is 50.2 Å². The fraction of sp³-hybridized carbons (Fsp3) is 0.818. The van der Waals surface area contributed by atoms with Gasteiger partial charge in [-0.2, -0.15) is 0 Å². The summed E-state index contributed by atoms with van der Waals surface area (Å²) in [5.74, 6) is 0.632. The molecule has 0 aliphatic rings. The number of hydrogen-bond acceptors (Lipinski definition) is 4. The van der Waals surface area contributed by atoms with Crippen LogP contribution in [0, 0.1) is 5.92 Å². The average Bonchev–Trinajstić information content (AvgIpc) is 2.68. The van der Waals surface area contributed by atoms with Gasteiger partial charge < -0.3 is 5.32 Å². The second kappa shape index (κ2) is 6.18. The first kappa shape index (κ1) is 12.6. The maximum Gasteiger partial charge on any atom is 0.0803 e. The summed E-state index contributed by atoms with van der Waals surface area (Å²) in [6, 6.07) is 0.413. The van der Waals surface area contributed by atoms with Crippen molar-refractivity contribution < 1.29 is 0 Å². The number of rotatable bonds is 6. The second-order valence-electron chi connectivity index (χ2n) is 3.99. The van der Waals surface area contributed by atoms with Crippen LogP contribution < -0.4 is 5.32 Å². The molecule has 0 amide bonds. The van der Waals surface area contributed by atoms with Crippen LogP contribution in [0.5, 0.6) is 0 Å². The van der Waals surface area contributed by atoms with Gasteiger partial charge in [0.15, 0.2) is 0 Å². The maximum atomic E-state index is 4.22. The lowest BCUT2D eigenvalue weighted by Gasteiger charge is -2.21. The third-order valence-electron chi connectivity index (χ3n) is 2.88. The van der Waals surface area contributed by atoms with Gasteiger partial charge in [0, 0.05) is 6.04 Å². The van der Waals surface area contributed by atoms with E-state index in [4.69, 9.17) is 0 Å². The minimum Gasteiger partial charge on any atom is -0.312 e. The molecular formula is C11H21N3S. The van der Waals surface area contributed by atoms with E-state index in [1.54, 1.807) is 11.5 Å². The Morgan fingerprint density at radius 3 is 2.67 bits per heavy atom. The first-order chi connectivity index (χ1) is 7.24. The normalized spacial score (nSPS) is 15.2. The van der Waals surface area contributed by atoms with E-state index in [9.17, 15) is 0 Å². The van der Waals surface area contributed by atoms with Crippen molar-refractivity contribution in [1.29, 1.82) is 0 Å². The lowest BCUT2D eigenvalue weighted by molar-refractivity contribution is 0.403. The van der Waals surface area contributed by atoms with Crippen molar-refractivity contribution in [1.82, 2.24) is 14.9 Å². The van der Waals surface area contributed by atoms with E-state index >= 15 is 0 Å². The Labute approximate surface area is 96.5 Å². The van der Waals surface area contributed by atoms with E-state index in [2.05, 4.69) is 35.7 Å². The van der Waals surface area contributed by atoms with Gasteiger partial charge in [0.25, 0.3) is 0 Å². The molecule has 2 unspecified atom stereocenters. The molecule has 0 bridgehead atoms. The largest absolute Gasteiger partial charge is 0.312 e. The highest BCUT2D eigenvalue weighted by Crippen LogP contribution is 2.29. The Bertz CT molecular complexity index is 285. The van der Waals surface area contributed by atoms with Crippen molar-refractivity contribution in [3.63, 3.8) is 0 Å². The third-order valence-corrected chi connectivity index (χ3v) is 3.73. The number of hydrogen-bond donors (Lipinski definition) is 1. The molecule has 4 heteroatoms. The Morgan fingerprint density at radius 1 is 1.40 bits per heavy atom. The quantitative estimate of drug-likeness (QED) is 0.812. The molecule has 1 aromatic rings. The van der Waals surface area contributed by atoms with Crippen LogP contribution in [0.3, 0.4) is 0 Å². The fourth-order valence-corrected chi connectivity index (χ4v) is 2.71. The Hall–Kier alpha value is -0.480. The highest BCUT2D eigenvalue weighted by molar-refractivity contribution is 7.05. The molecule has 0 aliphatic heterocycles. The van der Waals surface area contributed by atoms with Crippen LogP contribution in [0.15, 0.2) is 0 Å². The summed E-state index contributed by atoms with van der Waals surface area (Å²) in [5, 5.41) is 7.60. The molecule has 1 aromatic heterocycles. The zero-order chi connectivity index (χ0) is 11.3. The van der Waals surface area contributed by atoms with Gasteiger partial charge in [-0.15, -0.1) is 5.10 Å². The molecule has 0 radical (unpaired) electrons. The van der Waals surface area contributed by atoms with Gasteiger partial charge in [-0.25, -0.2) is 0 Å². The standard InChI is InChI=1S/C11H21N3S/c1-5-7-9-11(15-14-13-9)10(12-4)8(3)6-2/h8,10,12H,5-7H2,1-4H3. The summed E-state index contributed by atoms with van der Waals surface area (Å²) in [4.78, 5) is 1.33. The molecule has 1 N–H and O–H groups in total. The number of nitrogens with one attached hydrogen (secondary N) is 1. The summed E-state index contributed by atoms with van der Waals surface area (Å²) < 4.78 is 4.08. The molecule has 1 rings (SSSR count). The fourth-order valence-electron chi connectivity index (χ4n) is 1.77. The van der Waals surface area contributed by atoms with Gasteiger partial charge in [-0.3, -0.25) is 0 Å². The Balaban J connectivity index is 2.85. The molecule has 0 aromatic carbocycles. The van der Waals surface area contributed by atoms with Crippen molar-refractivity contribution in [2.24, 2.45) is 5.92 Å². The molecular weight excluding hydrogens is 206 g/mol.